The Labute approximate surface area is 97.9 Å². The van der Waals surface area contributed by atoms with Crippen molar-refractivity contribution in [1.29, 1.82) is 0 Å². The van der Waals surface area contributed by atoms with E-state index in [0.29, 0.717) is 0 Å². The number of nitrogens with zero attached hydrogens (tertiary/aromatic N) is 2. The Kier molecular flexibility index (Phi) is 4.17. The molecule has 2 rings (SSSR count). The first-order valence-corrected chi connectivity index (χ1v) is 6.24. The van der Waals surface area contributed by atoms with Crippen LogP contribution in [0.15, 0.2) is 18.3 Å². The first kappa shape index (κ1) is 11.4. The molecule has 16 heavy (non-hydrogen) atoms. The quantitative estimate of drug-likeness (QED) is 0.770. The monoisotopic (exact) mass is 219 g/mol. The van der Waals surface area contributed by atoms with Gasteiger partial charge in [-0.05, 0) is 57.5 Å². The maximum atomic E-state index is 4.32. The average Bonchev–Trinajstić information content (AvgIpc) is 2.79. The van der Waals surface area contributed by atoms with Gasteiger partial charge in [0.15, 0.2) is 0 Å². The molecule has 1 N–H and O–H groups in total. The lowest BCUT2D eigenvalue weighted by atomic mass is 10.3. The highest BCUT2D eigenvalue weighted by Gasteiger charge is 2.10. The summed E-state index contributed by atoms with van der Waals surface area (Å²) in [7, 11) is 0. The van der Waals surface area contributed by atoms with Gasteiger partial charge in [-0.15, -0.1) is 0 Å². The fourth-order valence-electron chi connectivity index (χ4n) is 2.19. The first-order chi connectivity index (χ1) is 7.86. The fraction of sp³-hybridized carbons (Fsp3) is 0.615. The zero-order valence-corrected chi connectivity index (χ0v) is 10.1. The summed E-state index contributed by atoms with van der Waals surface area (Å²) < 4.78 is 0. The van der Waals surface area contributed by atoms with E-state index in [2.05, 4.69) is 28.2 Å². The van der Waals surface area contributed by atoms with Crippen molar-refractivity contribution in [2.75, 3.05) is 31.5 Å². The van der Waals surface area contributed by atoms with Crippen LogP contribution in [0, 0.1) is 6.92 Å². The molecular formula is C13H21N3. The second kappa shape index (κ2) is 5.85. The molecule has 0 bridgehead atoms. The maximum Gasteiger partial charge on any atom is 0.128 e. The SMILES string of the molecule is Cc1cccnc1NCCCN1CCCC1. The second-order valence-electron chi connectivity index (χ2n) is 4.50. The number of nitrogens with one attached hydrogen (secondary N) is 1. The van der Waals surface area contributed by atoms with Crippen molar-refractivity contribution in [3.8, 4) is 0 Å². The highest BCUT2D eigenvalue weighted by molar-refractivity contribution is 5.42. The highest BCUT2D eigenvalue weighted by Crippen LogP contribution is 2.10. The topological polar surface area (TPSA) is 28.2 Å². The van der Waals surface area contributed by atoms with Crippen molar-refractivity contribution in [3.63, 3.8) is 0 Å². The summed E-state index contributed by atoms with van der Waals surface area (Å²) in [6.45, 7) is 6.92. The Hall–Kier alpha value is -1.09. The zero-order valence-electron chi connectivity index (χ0n) is 10.1. The minimum atomic E-state index is 1.02. The third-order valence-electron chi connectivity index (χ3n) is 3.15. The van der Waals surface area contributed by atoms with Gasteiger partial charge in [0.25, 0.3) is 0 Å². The van der Waals surface area contributed by atoms with Crippen molar-refractivity contribution in [2.24, 2.45) is 0 Å². The van der Waals surface area contributed by atoms with Gasteiger partial charge in [-0.1, -0.05) is 6.07 Å². The molecule has 0 aliphatic carbocycles. The summed E-state index contributed by atoms with van der Waals surface area (Å²) in [4.78, 5) is 6.87. The molecule has 0 spiro atoms. The van der Waals surface area contributed by atoms with Crippen molar-refractivity contribution in [1.82, 2.24) is 9.88 Å². The van der Waals surface area contributed by atoms with E-state index in [1.165, 1.54) is 44.5 Å². The molecule has 0 radical (unpaired) electrons. The van der Waals surface area contributed by atoms with Gasteiger partial charge in [0.1, 0.15) is 5.82 Å². The van der Waals surface area contributed by atoms with Crippen molar-refractivity contribution in [3.05, 3.63) is 23.9 Å². The maximum absolute atomic E-state index is 4.32. The van der Waals surface area contributed by atoms with Crippen LogP contribution in [0.2, 0.25) is 0 Å². The van der Waals surface area contributed by atoms with Gasteiger partial charge in [-0.25, -0.2) is 4.98 Å². The van der Waals surface area contributed by atoms with E-state index in [9.17, 15) is 0 Å². The normalized spacial score (nSPS) is 16.6. The van der Waals surface area contributed by atoms with E-state index in [1.807, 2.05) is 12.3 Å². The number of aryl methyl sites for hydroxylation is 1. The molecule has 1 aliphatic rings. The van der Waals surface area contributed by atoms with Crippen LogP contribution in [-0.2, 0) is 0 Å². The van der Waals surface area contributed by atoms with Gasteiger partial charge in [0.2, 0.25) is 0 Å². The van der Waals surface area contributed by atoms with Crippen LogP contribution in [0.4, 0.5) is 5.82 Å². The molecular weight excluding hydrogens is 198 g/mol. The van der Waals surface area contributed by atoms with E-state index in [4.69, 9.17) is 0 Å². The van der Waals surface area contributed by atoms with E-state index in [0.717, 1.165) is 12.4 Å². The molecule has 0 aromatic carbocycles. The summed E-state index contributed by atoms with van der Waals surface area (Å²) in [6, 6.07) is 4.07. The zero-order chi connectivity index (χ0) is 11.2. The molecule has 1 saturated heterocycles. The number of likely N-dealkylation sites (tertiary alicyclic amines) is 1. The lowest BCUT2D eigenvalue weighted by Crippen LogP contribution is -2.22. The van der Waals surface area contributed by atoms with Crippen LogP contribution in [0.3, 0.4) is 0 Å². The lowest BCUT2D eigenvalue weighted by Gasteiger charge is -2.14. The van der Waals surface area contributed by atoms with Gasteiger partial charge in [0, 0.05) is 12.7 Å². The molecule has 0 saturated carbocycles. The smallest absolute Gasteiger partial charge is 0.128 e. The lowest BCUT2D eigenvalue weighted by molar-refractivity contribution is 0.337. The Morgan fingerprint density at radius 2 is 2.19 bits per heavy atom. The fourth-order valence-corrected chi connectivity index (χ4v) is 2.19. The number of hydrogen-bond acceptors (Lipinski definition) is 3. The van der Waals surface area contributed by atoms with Gasteiger partial charge in [-0.3, -0.25) is 0 Å². The molecule has 0 atom stereocenters. The summed E-state index contributed by atoms with van der Waals surface area (Å²) >= 11 is 0. The molecule has 0 amide bonds. The van der Waals surface area contributed by atoms with Crippen LogP contribution in [-0.4, -0.2) is 36.1 Å². The summed E-state index contributed by atoms with van der Waals surface area (Å²) in [5.74, 6) is 1.03. The number of hydrogen-bond donors (Lipinski definition) is 1. The molecule has 0 unspecified atom stereocenters. The largest absolute Gasteiger partial charge is 0.370 e. The number of anilines is 1. The highest BCUT2D eigenvalue weighted by atomic mass is 15.1. The number of rotatable bonds is 5. The first-order valence-electron chi connectivity index (χ1n) is 6.24. The molecule has 3 nitrogen and oxygen atoms in total. The van der Waals surface area contributed by atoms with Gasteiger partial charge < -0.3 is 10.2 Å². The van der Waals surface area contributed by atoms with Gasteiger partial charge in [-0.2, -0.15) is 0 Å². The molecule has 2 heterocycles. The van der Waals surface area contributed by atoms with Crippen LogP contribution in [0.5, 0.6) is 0 Å². The molecule has 1 aliphatic heterocycles. The Balaban J connectivity index is 1.66. The van der Waals surface area contributed by atoms with E-state index in [-0.39, 0.29) is 0 Å². The summed E-state index contributed by atoms with van der Waals surface area (Å²) in [6.07, 6.45) is 5.81. The molecule has 88 valence electrons. The van der Waals surface area contributed by atoms with E-state index < -0.39 is 0 Å². The predicted octanol–water partition coefficient (Wildman–Crippen LogP) is 2.29. The van der Waals surface area contributed by atoms with Crippen molar-refractivity contribution >= 4 is 5.82 Å². The van der Waals surface area contributed by atoms with Gasteiger partial charge >= 0.3 is 0 Å². The van der Waals surface area contributed by atoms with E-state index in [1.54, 1.807) is 0 Å². The van der Waals surface area contributed by atoms with Crippen molar-refractivity contribution < 1.29 is 0 Å². The third-order valence-corrected chi connectivity index (χ3v) is 3.15. The molecule has 1 fully saturated rings. The third kappa shape index (κ3) is 3.20. The minimum absolute atomic E-state index is 1.02. The Bertz CT molecular complexity index is 319. The van der Waals surface area contributed by atoms with Crippen LogP contribution >= 0.6 is 0 Å². The minimum Gasteiger partial charge on any atom is -0.370 e. The predicted molar refractivity (Wildman–Crippen MR) is 67.8 cm³/mol. The van der Waals surface area contributed by atoms with Crippen LogP contribution in [0.25, 0.3) is 0 Å². The second-order valence-corrected chi connectivity index (χ2v) is 4.50. The summed E-state index contributed by atoms with van der Waals surface area (Å²) in [5, 5.41) is 3.40. The number of aromatic nitrogens is 1. The Morgan fingerprint density at radius 1 is 1.38 bits per heavy atom. The molecule has 3 heteroatoms. The van der Waals surface area contributed by atoms with Crippen LogP contribution in [0.1, 0.15) is 24.8 Å². The van der Waals surface area contributed by atoms with Crippen LogP contribution < -0.4 is 5.32 Å². The standard InChI is InChI=1S/C13H21N3/c1-12-6-4-7-14-13(12)15-8-5-11-16-9-2-3-10-16/h4,6-7H,2-3,5,8-11H2,1H3,(H,14,15). The Morgan fingerprint density at radius 3 is 2.94 bits per heavy atom. The molecule has 1 aromatic rings. The van der Waals surface area contributed by atoms with Crippen molar-refractivity contribution in [2.45, 2.75) is 26.2 Å². The number of pyridine rings is 1. The summed E-state index contributed by atoms with van der Waals surface area (Å²) in [5.41, 5.74) is 1.23. The molecule has 1 aromatic heterocycles. The average molecular weight is 219 g/mol. The van der Waals surface area contributed by atoms with E-state index >= 15 is 0 Å². The van der Waals surface area contributed by atoms with Gasteiger partial charge in [0.05, 0.1) is 0 Å².